The summed E-state index contributed by atoms with van der Waals surface area (Å²) in [4.78, 5) is 0.200. The van der Waals surface area contributed by atoms with Crippen molar-refractivity contribution in [3.63, 3.8) is 0 Å². The van der Waals surface area contributed by atoms with Gasteiger partial charge in [0.15, 0.2) is 0 Å². The fourth-order valence-electron chi connectivity index (χ4n) is 2.03. The van der Waals surface area contributed by atoms with Crippen molar-refractivity contribution in [3.8, 4) is 0 Å². The SMILES string of the molecule is Cc1nn(C)c(C)c1S(=O)(=O)Nc1ccc(CO)cc1. The Hall–Kier alpha value is -1.86. The fraction of sp³-hybridized carbons (Fsp3) is 0.308. The molecule has 0 bridgehead atoms. The minimum Gasteiger partial charge on any atom is -0.392 e. The third-order valence-corrected chi connectivity index (χ3v) is 4.73. The van der Waals surface area contributed by atoms with E-state index in [2.05, 4.69) is 9.82 Å². The summed E-state index contributed by atoms with van der Waals surface area (Å²) in [7, 11) is -1.96. The van der Waals surface area contributed by atoms with Crippen molar-refractivity contribution in [1.29, 1.82) is 0 Å². The summed E-state index contributed by atoms with van der Waals surface area (Å²) in [6, 6.07) is 6.57. The Kier molecular flexibility index (Phi) is 3.82. The molecule has 0 aliphatic rings. The standard InChI is InChI=1S/C13H17N3O3S/c1-9-13(10(2)16(3)14-9)20(18,19)15-12-6-4-11(8-17)5-7-12/h4-7,15,17H,8H2,1-3H3. The van der Waals surface area contributed by atoms with Crippen LogP contribution in [0.2, 0.25) is 0 Å². The van der Waals surface area contributed by atoms with Gasteiger partial charge in [0.05, 0.1) is 18.0 Å². The van der Waals surface area contributed by atoms with Gasteiger partial charge in [0, 0.05) is 12.7 Å². The number of aliphatic hydroxyl groups excluding tert-OH is 1. The van der Waals surface area contributed by atoms with Gasteiger partial charge in [-0.05, 0) is 31.5 Å². The third-order valence-electron chi connectivity index (χ3n) is 3.10. The Balaban J connectivity index is 2.35. The van der Waals surface area contributed by atoms with E-state index in [-0.39, 0.29) is 11.5 Å². The lowest BCUT2D eigenvalue weighted by Crippen LogP contribution is -2.14. The molecule has 2 aromatic rings. The first-order valence-electron chi connectivity index (χ1n) is 6.08. The van der Waals surface area contributed by atoms with E-state index in [1.54, 1.807) is 49.8 Å². The molecule has 0 aliphatic carbocycles. The van der Waals surface area contributed by atoms with Gasteiger partial charge in [0.25, 0.3) is 10.0 Å². The zero-order chi connectivity index (χ0) is 14.9. The molecular weight excluding hydrogens is 278 g/mol. The summed E-state index contributed by atoms with van der Waals surface area (Å²) in [6.45, 7) is 3.30. The Morgan fingerprint density at radius 2 is 1.85 bits per heavy atom. The normalized spacial score (nSPS) is 11.6. The van der Waals surface area contributed by atoms with Crippen LogP contribution in [0.15, 0.2) is 29.2 Å². The molecular formula is C13H17N3O3S. The van der Waals surface area contributed by atoms with Crippen LogP contribution in [0, 0.1) is 13.8 Å². The second-order valence-electron chi connectivity index (χ2n) is 4.58. The van der Waals surface area contributed by atoms with Crippen molar-refractivity contribution in [2.75, 3.05) is 4.72 Å². The first-order valence-corrected chi connectivity index (χ1v) is 7.56. The van der Waals surface area contributed by atoms with Gasteiger partial charge in [-0.1, -0.05) is 12.1 Å². The average molecular weight is 295 g/mol. The number of aryl methyl sites for hydroxylation is 2. The highest BCUT2D eigenvalue weighted by Crippen LogP contribution is 2.22. The number of hydrogen-bond donors (Lipinski definition) is 2. The first-order chi connectivity index (χ1) is 9.35. The average Bonchev–Trinajstić information content (AvgIpc) is 2.64. The number of benzene rings is 1. The van der Waals surface area contributed by atoms with Crippen LogP contribution >= 0.6 is 0 Å². The summed E-state index contributed by atoms with van der Waals surface area (Å²) in [5.41, 5.74) is 2.22. The van der Waals surface area contributed by atoms with Gasteiger partial charge in [0.2, 0.25) is 0 Å². The Labute approximate surface area is 118 Å². The van der Waals surface area contributed by atoms with E-state index < -0.39 is 10.0 Å². The van der Waals surface area contributed by atoms with Crippen molar-refractivity contribution in [1.82, 2.24) is 9.78 Å². The molecule has 0 saturated carbocycles. The smallest absolute Gasteiger partial charge is 0.265 e. The van der Waals surface area contributed by atoms with E-state index in [9.17, 15) is 8.42 Å². The van der Waals surface area contributed by atoms with Crippen LogP contribution in [0.5, 0.6) is 0 Å². The Bertz CT molecular complexity index is 718. The zero-order valence-corrected chi connectivity index (χ0v) is 12.4. The molecule has 0 saturated heterocycles. The molecule has 108 valence electrons. The fourth-order valence-corrected chi connectivity index (χ4v) is 3.53. The van der Waals surface area contributed by atoms with Gasteiger partial charge in [-0.15, -0.1) is 0 Å². The summed E-state index contributed by atoms with van der Waals surface area (Å²) in [5.74, 6) is 0. The van der Waals surface area contributed by atoms with E-state index in [4.69, 9.17) is 5.11 Å². The maximum atomic E-state index is 12.4. The Morgan fingerprint density at radius 3 is 2.30 bits per heavy atom. The summed E-state index contributed by atoms with van der Waals surface area (Å²) in [6.07, 6.45) is 0. The molecule has 1 heterocycles. The highest BCUT2D eigenvalue weighted by atomic mass is 32.2. The molecule has 2 rings (SSSR count). The molecule has 2 N–H and O–H groups in total. The van der Waals surface area contributed by atoms with Crippen LogP contribution in [0.3, 0.4) is 0 Å². The molecule has 0 unspecified atom stereocenters. The molecule has 1 aromatic heterocycles. The number of sulfonamides is 1. The van der Waals surface area contributed by atoms with E-state index in [0.717, 1.165) is 5.56 Å². The third kappa shape index (κ3) is 2.68. The molecule has 0 fully saturated rings. The quantitative estimate of drug-likeness (QED) is 0.891. The van der Waals surface area contributed by atoms with Crippen LogP contribution in [-0.4, -0.2) is 23.3 Å². The number of rotatable bonds is 4. The lowest BCUT2D eigenvalue weighted by atomic mass is 10.2. The summed E-state index contributed by atoms with van der Waals surface area (Å²) in [5, 5.41) is 13.1. The zero-order valence-electron chi connectivity index (χ0n) is 11.6. The van der Waals surface area contributed by atoms with Gasteiger partial charge in [0.1, 0.15) is 4.90 Å². The summed E-state index contributed by atoms with van der Waals surface area (Å²) >= 11 is 0. The highest BCUT2D eigenvalue weighted by Gasteiger charge is 2.23. The number of nitrogens with one attached hydrogen (secondary N) is 1. The van der Waals surface area contributed by atoms with Crippen molar-refractivity contribution >= 4 is 15.7 Å². The summed E-state index contributed by atoms with van der Waals surface area (Å²) < 4.78 is 28.9. The van der Waals surface area contributed by atoms with Gasteiger partial charge in [-0.2, -0.15) is 5.10 Å². The first kappa shape index (κ1) is 14.5. The molecule has 6 nitrogen and oxygen atoms in total. The van der Waals surface area contributed by atoms with Crippen LogP contribution < -0.4 is 4.72 Å². The monoisotopic (exact) mass is 295 g/mol. The molecule has 0 atom stereocenters. The second kappa shape index (κ2) is 5.26. The Morgan fingerprint density at radius 1 is 1.25 bits per heavy atom. The van der Waals surface area contributed by atoms with Crippen LogP contribution in [0.25, 0.3) is 0 Å². The number of anilines is 1. The number of nitrogens with zero attached hydrogens (tertiary/aromatic N) is 2. The highest BCUT2D eigenvalue weighted by molar-refractivity contribution is 7.92. The number of hydrogen-bond acceptors (Lipinski definition) is 4. The lowest BCUT2D eigenvalue weighted by molar-refractivity contribution is 0.282. The molecule has 7 heteroatoms. The number of aromatic nitrogens is 2. The predicted molar refractivity (Wildman–Crippen MR) is 75.9 cm³/mol. The maximum absolute atomic E-state index is 12.4. The van der Waals surface area contributed by atoms with Crippen molar-refractivity contribution in [2.45, 2.75) is 25.3 Å². The van der Waals surface area contributed by atoms with Gasteiger partial charge in [-0.3, -0.25) is 9.40 Å². The second-order valence-corrected chi connectivity index (χ2v) is 6.20. The van der Waals surface area contributed by atoms with Crippen molar-refractivity contribution in [3.05, 3.63) is 41.2 Å². The molecule has 0 radical (unpaired) electrons. The van der Waals surface area contributed by atoms with E-state index >= 15 is 0 Å². The van der Waals surface area contributed by atoms with Gasteiger partial charge in [-0.25, -0.2) is 8.42 Å². The molecule has 1 aromatic carbocycles. The minimum absolute atomic E-state index is 0.0755. The minimum atomic E-state index is -3.67. The molecule has 0 aliphatic heterocycles. The van der Waals surface area contributed by atoms with Crippen molar-refractivity contribution in [2.24, 2.45) is 7.05 Å². The van der Waals surface area contributed by atoms with Crippen LogP contribution in [-0.2, 0) is 23.7 Å². The van der Waals surface area contributed by atoms with E-state index in [0.29, 0.717) is 17.1 Å². The van der Waals surface area contributed by atoms with Gasteiger partial charge >= 0.3 is 0 Å². The van der Waals surface area contributed by atoms with E-state index in [1.807, 2.05) is 0 Å². The van der Waals surface area contributed by atoms with Crippen LogP contribution in [0.1, 0.15) is 17.0 Å². The topological polar surface area (TPSA) is 84.2 Å². The van der Waals surface area contributed by atoms with Gasteiger partial charge < -0.3 is 5.11 Å². The number of aliphatic hydroxyl groups is 1. The predicted octanol–water partition coefficient (Wildman–Crippen LogP) is 1.33. The van der Waals surface area contributed by atoms with E-state index in [1.165, 1.54) is 0 Å². The van der Waals surface area contributed by atoms with Crippen LogP contribution in [0.4, 0.5) is 5.69 Å². The maximum Gasteiger partial charge on any atom is 0.265 e. The van der Waals surface area contributed by atoms with Crippen molar-refractivity contribution < 1.29 is 13.5 Å². The lowest BCUT2D eigenvalue weighted by Gasteiger charge is -2.09. The molecule has 0 amide bonds. The largest absolute Gasteiger partial charge is 0.392 e. The molecule has 0 spiro atoms. The molecule has 20 heavy (non-hydrogen) atoms.